The predicted octanol–water partition coefficient (Wildman–Crippen LogP) is 3.78. The average molecular weight is 449 g/mol. The largest absolute Gasteiger partial charge is 0.493 e. The second-order valence-corrected chi connectivity index (χ2v) is 8.39. The Morgan fingerprint density at radius 2 is 1.94 bits per heavy atom. The summed E-state index contributed by atoms with van der Waals surface area (Å²) in [4.78, 5) is 30.7. The average Bonchev–Trinajstić information content (AvgIpc) is 3.08. The van der Waals surface area contributed by atoms with Crippen molar-refractivity contribution in [3.05, 3.63) is 81.7 Å². The molecule has 0 spiro atoms. The molecule has 0 saturated heterocycles. The van der Waals surface area contributed by atoms with Crippen molar-refractivity contribution in [1.82, 2.24) is 9.80 Å². The lowest BCUT2D eigenvalue weighted by atomic mass is 9.97. The van der Waals surface area contributed by atoms with E-state index in [-0.39, 0.29) is 17.1 Å². The van der Waals surface area contributed by atoms with E-state index in [1.807, 2.05) is 44.1 Å². The SMILES string of the molecule is C=CCOc1ccc(C2c3c(oc4ccc(C)cc4c3=O)C(=O)N2CCN(C)C)cc1OC. The summed E-state index contributed by atoms with van der Waals surface area (Å²) in [6.45, 7) is 7.01. The minimum Gasteiger partial charge on any atom is -0.493 e. The van der Waals surface area contributed by atoms with Crippen LogP contribution in [-0.2, 0) is 0 Å². The summed E-state index contributed by atoms with van der Waals surface area (Å²) in [6, 6.07) is 10.3. The fourth-order valence-electron chi connectivity index (χ4n) is 4.14. The summed E-state index contributed by atoms with van der Waals surface area (Å²) in [5.41, 5.74) is 2.29. The molecule has 1 aliphatic heterocycles. The van der Waals surface area contributed by atoms with Gasteiger partial charge in [0.05, 0.1) is 24.1 Å². The standard InChI is InChI=1S/C26H28N2O5/c1-6-13-32-20-10-8-17(15-21(20)31-5)23-22-24(29)18-14-16(2)7-9-19(18)33-25(22)26(30)28(23)12-11-27(3)4/h6-10,14-15,23H,1,11-13H2,2-5H3. The van der Waals surface area contributed by atoms with Crippen molar-refractivity contribution in [1.29, 1.82) is 0 Å². The highest BCUT2D eigenvalue weighted by Gasteiger charge is 2.42. The number of rotatable bonds is 8. The Hall–Kier alpha value is -3.58. The van der Waals surface area contributed by atoms with Crippen LogP contribution in [0, 0.1) is 6.92 Å². The van der Waals surface area contributed by atoms with Gasteiger partial charge in [-0.15, -0.1) is 0 Å². The first-order chi connectivity index (χ1) is 15.8. The molecule has 7 heteroatoms. The Labute approximate surface area is 192 Å². The molecule has 0 fully saturated rings. The number of ether oxygens (including phenoxy) is 2. The summed E-state index contributed by atoms with van der Waals surface area (Å²) < 4.78 is 17.2. The lowest BCUT2D eigenvalue weighted by Crippen LogP contribution is -2.35. The minimum absolute atomic E-state index is 0.103. The van der Waals surface area contributed by atoms with Crippen molar-refractivity contribution in [2.75, 3.05) is 40.9 Å². The van der Waals surface area contributed by atoms with E-state index in [0.29, 0.717) is 47.7 Å². The Balaban J connectivity index is 1.90. The number of nitrogens with zero attached hydrogens (tertiary/aromatic N) is 2. The molecule has 3 aromatic rings. The third-order valence-corrected chi connectivity index (χ3v) is 5.77. The summed E-state index contributed by atoms with van der Waals surface area (Å²) >= 11 is 0. The molecule has 0 saturated carbocycles. The second kappa shape index (κ2) is 9.11. The lowest BCUT2D eigenvalue weighted by Gasteiger charge is -2.27. The van der Waals surface area contributed by atoms with Crippen molar-refractivity contribution < 1.29 is 18.7 Å². The maximum absolute atomic E-state index is 13.6. The zero-order valence-electron chi connectivity index (χ0n) is 19.4. The van der Waals surface area contributed by atoms with Crippen LogP contribution in [-0.4, -0.2) is 56.6 Å². The fraction of sp³-hybridized carbons (Fsp3) is 0.308. The van der Waals surface area contributed by atoms with Gasteiger partial charge >= 0.3 is 0 Å². The molecule has 172 valence electrons. The molecule has 1 unspecified atom stereocenters. The summed E-state index contributed by atoms with van der Waals surface area (Å²) in [5, 5.41) is 0.471. The molecule has 0 bridgehead atoms. The molecule has 0 radical (unpaired) electrons. The number of amides is 1. The van der Waals surface area contributed by atoms with E-state index in [9.17, 15) is 9.59 Å². The number of fused-ring (bicyclic) bond motifs is 2. The second-order valence-electron chi connectivity index (χ2n) is 8.39. The predicted molar refractivity (Wildman–Crippen MR) is 127 cm³/mol. The van der Waals surface area contributed by atoms with Crippen LogP contribution in [0.25, 0.3) is 11.0 Å². The van der Waals surface area contributed by atoms with Crippen LogP contribution in [0.4, 0.5) is 0 Å². The topological polar surface area (TPSA) is 72.2 Å². The third-order valence-electron chi connectivity index (χ3n) is 5.77. The van der Waals surface area contributed by atoms with Gasteiger partial charge in [0.1, 0.15) is 12.2 Å². The molecular weight excluding hydrogens is 420 g/mol. The van der Waals surface area contributed by atoms with E-state index in [1.54, 1.807) is 36.3 Å². The highest BCUT2D eigenvalue weighted by molar-refractivity contribution is 5.99. The van der Waals surface area contributed by atoms with Gasteiger partial charge in [-0.3, -0.25) is 9.59 Å². The van der Waals surface area contributed by atoms with E-state index in [2.05, 4.69) is 6.58 Å². The number of methoxy groups -OCH3 is 1. The molecule has 1 aliphatic rings. The molecule has 1 atom stereocenters. The van der Waals surface area contributed by atoms with Gasteiger partial charge in [-0.1, -0.05) is 30.4 Å². The number of benzene rings is 2. The van der Waals surface area contributed by atoms with Crippen LogP contribution in [0.2, 0.25) is 0 Å². The van der Waals surface area contributed by atoms with Gasteiger partial charge < -0.3 is 23.7 Å². The van der Waals surface area contributed by atoms with Crippen molar-refractivity contribution in [2.45, 2.75) is 13.0 Å². The van der Waals surface area contributed by atoms with Crippen molar-refractivity contribution in [2.24, 2.45) is 0 Å². The van der Waals surface area contributed by atoms with E-state index in [4.69, 9.17) is 13.9 Å². The molecular formula is C26H28N2O5. The van der Waals surface area contributed by atoms with E-state index in [0.717, 1.165) is 11.1 Å². The lowest BCUT2D eigenvalue weighted by molar-refractivity contribution is 0.0716. The fourth-order valence-corrected chi connectivity index (χ4v) is 4.14. The highest BCUT2D eigenvalue weighted by atomic mass is 16.5. The summed E-state index contributed by atoms with van der Waals surface area (Å²) in [5.74, 6) is 0.893. The van der Waals surface area contributed by atoms with Crippen LogP contribution in [0.3, 0.4) is 0 Å². The molecule has 0 N–H and O–H groups in total. The van der Waals surface area contributed by atoms with Gasteiger partial charge in [0.2, 0.25) is 5.76 Å². The minimum atomic E-state index is -0.587. The van der Waals surface area contributed by atoms with Crippen molar-refractivity contribution in [3.8, 4) is 11.5 Å². The first kappa shape index (κ1) is 22.6. The van der Waals surface area contributed by atoms with Crippen LogP contribution < -0.4 is 14.9 Å². The van der Waals surface area contributed by atoms with Gasteiger partial charge in [0.25, 0.3) is 5.91 Å². The summed E-state index contributed by atoms with van der Waals surface area (Å²) in [7, 11) is 5.44. The molecule has 2 heterocycles. The number of likely N-dealkylation sites (N-methyl/N-ethyl adjacent to an activating group) is 1. The maximum Gasteiger partial charge on any atom is 0.290 e. The maximum atomic E-state index is 13.6. The Morgan fingerprint density at radius 3 is 2.64 bits per heavy atom. The Bertz CT molecular complexity index is 1280. The van der Waals surface area contributed by atoms with Crippen molar-refractivity contribution >= 4 is 16.9 Å². The zero-order valence-corrected chi connectivity index (χ0v) is 19.4. The first-order valence-electron chi connectivity index (χ1n) is 10.8. The smallest absolute Gasteiger partial charge is 0.290 e. The highest BCUT2D eigenvalue weighted by Crippen LogP contribution is 2.40. The van der Waals surface area contributed by atoms with Gasteiger partial charge in [0, 0.05) is 13.1 Å². The van der Waals surface area contributed by atoms with E-state index < -0.39 is 6.04 Å². The molecule has 1 amide bonds. The Morgan fingerprint density at radius 1 is 1.15 bits per heavy atom. The molecule has 1 aromatic heterocycles. The van der Waals surface area contributed by atoms with Crippen LogP contribution in [0.15, 0.2) is 58.3 Å². The van der Waals surface area contributed by atoms with E-state index in [1.165, 1.54) is 0 Å². The van der Waals surface area contributed by atoms with Gasteiger partial charge in [0.15, 0.2) is 16.9 Å². The molecule has 33 heavy (non-hydrogen) atoms. The molecule has 7 nitrogen and oxygen atoms in total. The van der Waals surface area contributed by atoms with Gasteiger partial charge in [-0.25, -0.2) is 0 Å². The van der Waals surface area contributed by atoms with E-state index >= 15 is 0 Å². The zero-order chi connectivity index (χ0) is 23.7. The number of hydrogen-bond acceptors (Lipinski definition) is 6. The number of carbonyl (C=O) groups is 1. The number of aryl methyl sites for hydroxylation is 1. The summed E-state index contributed by atoms with van der Waals surface area (Å²) in [6.07, 6.45) is 1.65. The number of carbonyl (C=O) groups excluding carboxylic acids is 1. The monoisotopic (exact) mass is 448 g/mol. The first-order valence-corrected chi connectivity index (χ1v) is 10.8. The molecule has 0 aliphatic carbocycles. The third kappa shape index (κ3) is 4.12. The molecule has 2 aromatic carbocycles. The van der Waals surface area contributed by atoms with Crippen LogP contribution in [0.5, 0.6) is 11.5 Å². The van der Waals surface area contributed by atoms with Gasteiger partial charge in [-0.05, 0) is 50.8 Å². The molecule has 4 rings (SSSR count). The van der Waals surface area contributed by atoms with Crippen LogP contribution >= 0.6 is 0 Å². The normalized spacial score (nSPS) is 15.2. The van der Waals surface area contributed by atoms with Gasteiger partial charge in [-0.2, -0.15) is 0 Å². The number of hydrogen-bond donors (Lipinski definition) is 0. The van der Waals surface area contributed by atoms with Crippen LogP contribution in [0.1, 0.15) is 33.3 Å². The quantitative estimate of drug-likeness (QED) is 0.489. The Kier molecular flexibility index (Phi) is 6.24. The van der Waals surface area contributed by atoms with Crippen molar-refractivity contribution in [3.63, 3.8) is 0 Å².